The average Bonchev–Trinajstić information content (AvgIpc) is 2.76. The molecule has 0 aliphatic heterocycles. The number of rotatable bonds is 4. The third-order valence-corrected chi connectivity index (χ3v) is 3.30. The molecular weight excluding hydrogens is 204 g/mol. The Balaban J connectivity index is 1.74. The van der Waals surface area contributed by atoms with Crippen LogP contribution in [0.25, 0.3) is 0 Å². The van der Waals surface area contributed by atoms with E-state index in [-0.39, 0.29) is 6.61 Å². The zero-order valence-corrected chi connectivity index (χ0v) is 9.82. The SMILES string of the molecule is CC1CCC(OCc2ccc(CO)o2)CC1. The molecule has 1 fully saturated rings. The minimum absolute atomic E-state index is 0.0407. The third kappa shape index (κ3) is 3.09. The van der Waals surface area contributed by atoms with E-state index in [0.29, 0.717) is 18.5 Å². The fraction of sp³-hybridized carbons (Fsp3) is 0.692. The number of hydrogen-bond donors (Lipinski definition) is 1. The predicted molar refractivity (Wildman–Crippen MR) is 60.8 cm³/mol. The molecule has 0 radical (unpaired) electrons. The first kappa shape index (κ1) is 11.7. The first-order valence-corrected chi connectivity index (χ1v) is 6.08. The van der Waals surface area contributed by atoms with Crippen LogP contribution < -0.4 is 0 Å². The maximum atomic E-state index is 8.86. The first-order valence-electron chi connectivity index (χ1n) is 6.08. The molecule has 0 amide bonds. The normalized spacial score (nSPS) is 25.9. The highest BCUT2D eigenvalue weighted by Crippen LogP contribution is 2.26. The molecule has 3 nitrogen and oxygen atoms in total. The largest absolute Gasteiger partial charge is 0.461 e. The van der Waals surface area contributed by atoms with Crippen LogP contribution in [-0.4, -0.2) is 11.2 Å². The van der Waals surface area contributed by atoms with Crippen molar-refractivity contribution in [1.82, 2.24) is 0 Å². The van der Waals surface area contributed by atoms with Crippen LogP contribution in [0.15, 0.2) is 16.5 Å². The molecule has 16 heavy (non-hydrogen) atoms. The summed E-state index contributed by atoms with van der Waals surface area (Å²) in [5.74, 6) is 2.27. The molecule has 1 heterocycles. The molecule has 1 N–H and O–H groups in total. The van der Waals surface area contributed by atoms with E-state index >= 15 is 0 Å². The van der Waals surface area contributed by atoms with Crippen molar-refractivity contribution in [1.29, 1.82) is 0 Å². The van der Waals surface area contributed by atoms with Crippen molar-refractivity contribution in [3.63, 3.8) is 0 Å². The summed E-state index contributed by atoms with van der Waals surface area (Å²) in [5.41, 5.74) is 0. The molecule has 1 aromatic heterocycles. The maximum Gasteiger partial charge on any atom is 0.130 e. The Morgan fingerprint density at radius 1 is 1.25 bits per heavy atom. The highest BCUT2D eigenvalue weighted by atomic mass is 16.5. The lowest BCUT2D eigenvalue weighted by Crippen LogP contribution is -2.20. The minimum atomic E-state index is -0.0407. The van der Waals surface area contributed by atoms with Crippen LogP contribution in [0, 0.1) is 5.92 Å². The molecule has 0 bridgehead atoms. The van der Waals surface area contributed by atoms with E-state index in [2.05, 4.69) is 6.92 Å². The molecule has 1 saturated carbocycles. The maximum absolute atomic E-state index is 8.86. The molecule has 0 spiro atoms. The van der Waals surface area contributed by atoms with Gasteiger partial charge < -0.3 is 14.3 Å². The van der Waals surface area contributed by atoms with E-state index in [1.54, 1.807) is 6.07 Å². The molecule has 1 aliphatic carbocycles. The second-order valence-corrected chi connectivity index (χ2v) is 4.72. The van der Waals surface area contributed by atoms with Crippen molar-refractivity contribution < 1.29 is 14.3 Å². The molecule has 90 valence electrons. The highest BCUT2D eigenvalue weighted by molar-refractivity contribution is 5.05. The van der Waals surface area contributed by atoms with E-state index in [9.17, 15) is 0 Å². The average molecular weight is 224 g/mol. The number of aliphatic hydroxyl groups is 1. The zero-order valence-electron chi connectivity index (χ0n) is 9.82. The van der Waals surface area contributed by atoms with Gasteiger partial charge in [-0.05, 0) is 43.7 Å². The topological polar surface area (TPSA) is 42.6 Å². The molecule has 2 rings (SSSR count). The summed E-state index contributed by atoms with van der Waals surface area (Å²) >= 11 is 0. The van der Waals surface area contributed by atoms with Crippen molar-refractivity contribution in [2.24, 2.45) is 5.92 Å². The zero-order chi connectivity index (χ0) is 11.4. The summed E-state index contributed by atoms with van der Waals surface area (Å²) in [5, 5.41) is 8.86. The predicted octanol–water partition coefficient (Wildman–Crippen LogP) is 2.87. The Morgan fingerprint density at radius 3 is 2.56 bits per heavy atom. The van der Waals surface area contributed by atoms with Gasteiger partial charge in [-0.3, -0.25) is 0 Å². The van der Waals surface area contributed by atoms with Gasteiger partial charge in [-0.25, -0.2) is 0 Å². The van der Waals surface area contributed by atoms with Crippen LogP contribution in [-0.2, 0) is 18.0 Å². The lowest BCUT2D eigenvalue weighted by atomic mass is 9.89. The molecule has 1 aliphatic rings. The molecule has 0 atom stereocenters. The van der Waals surface area contributed by atoms with Gasteiger partial charge in [0.15, 0.2) is 0 Å². The molecule has 3 heteroatoms. The third-order valence-electron chi connectivity index (χ3n) is 3.30. The van der Waals surface area contributed by atoms with Crippen LogP contribution in [0.3, 0.4) is 0 Å². The van der Waals surface area contributed by atoms with Gasteiger partial charge in [0.2, 0.25) is 0 Å². The number of furan rings is 1. The van der Waals surface area contributed by atoms with Gasteiger partial charge in [-0.15, -0.1) is 0 Å². The highest BCUT2D eigenvalue weighted by Gasteiger charge is 2.18. The Labute approximate surface area is 96.4 Å². The van der Waals surface area contributed by atoms with Gasteiger partial charge in [0.1, 0.15) is 24.7 Å². The Hall–Kier alpha value is -0.800. The summed E-state index contributed by atoms with van der Waals surface area (Å²) < 4.78 is 11.2. The number of aliphatic hydroxyl groups excluding tert-OH is 1. The van der Waals surface area contributed by atoms with Crippen LogP contribution in [0.5, 0.6) is 0 Å². The fourth-order valence-corrected chi connectivity index (χ4v) is 2.18. The van der Waals surface area contributed by atoms with E-state index in [0.717, 1.165) is 24.5 Å². The number of ether oxygens (including phenoxy) is 1. The van der Waals surface area contributed by atoms with Gasteiger partial charge in [0, 0.05) is 0 Å². The van der Waals surface area contributed by atoms with Gasteiger partial charge >= 0.3 is 0 Å². The standard InChI is InChI=1S/C13H20O3/c1-10-2-4-11(5-3-10)15-9-13-7-6-12(8-14)16-13/h6-7,10-11,14H,2-5,8-9H2,1H3. The first-order chi connectivity index (χ1) is 7.78. The summed E-state index contributed by atoms with van der Waals surface area (Å²) in [7, 11) is 0. The van der Waals surface area contributed by atoms with Gasteiger partial charge in [0.05, 0.1) is 6.10 Å². The van der Waals surface area contributed by atoms with Crippen molar-refractivity contribution in [2.75, 3.05) is 0 Å². The monoisotopic (exact) mass is 224 g/mol. The molecule has 1 aromatic rings. The van der Waals surface area contributed by atoms with Crippen molar-refractivity contribution in [3.8, 4) is 0 Å². The van der Waals surface area contributed by atoms with Crippen molar-refractivity contribution in [3.05, 3.63) is 23.7 Å². The van der Waals surface area contributed by atoms with Crippen LogP contribution in [0.1, 0.15) is 44.1 Å². The Morgan fingerprint density at radius 2 is 1.94 bits per heavy atom. The van der Waals surface area contributed by atoms with Crippen LogP contribution in [0.2, 0.25) is 0 Å². The van der Waals surface area contributed by atoms with Gasteiger partial charge in [-0.2, -0.15) is 0 Å². The van der Waals surface area contributed by atoms with Crippen molar-refractivity contribution >= 4 is 0 Å². The fourth-order valence-electron chi connectivity index (χ4n) is 2.18. The van der Waals surface area contributed by atoms with E-state index < -0.39 is 0 Å². The quantitative estimate of drug-likeness (QED) is 0.855. The van der Waals surface area contributed by atoms with E-state index in [4.69, 9.17) is 14.3 Å². The van der Waals surface area contributed by atoms with Gasteiger partial charge in [0.25, 0.3) is 0 Å². The van der Waals surface area contributed by atoms with Crippen molar-refractivity contribution in [2.45, 2.75) is 51.9 Å². The van der Waals surface area contributed by atoms with Gasteiger partial charge in [-0.1, -0.05) is 6.92 Å². The number of hydrogen-bond acceptors (Lipinski definition) is 3. The molecule has 0 aromatic carbocycles. The second-order valence-electron chi connectivity index (χ2n) is 4.72. The summed E-state index contributed by atoms with van der Waals surface area (Å²) in [6.45, 7) is 2.79. The minimum Gasteiger partial charge on any atom is -0.461 e. The smallest absolute Gasteiger partial charge is 0.130 e. The molecular formula is C13H20O3. The molecule has 0 unspecified atom stereocenters. The summed E-state index contributed by atoms with van der Waals surface area (Å²) in [4.78, 5) is 0. The molecule has 0 saturated heterocycles. The lowest BCUT2D eigenvalue weighted by Gasteiger charge is -2.25. The van der Waals surface area contributed by atoms with E-state index in [1.807, 2.05) is 6.07 Å². The van der Waals surface area contributed by atoms with Crippen LogP contribution >= 0.6 is 0 Å². The Bertz CT molecular complexity index is 311. The summed E-state index contributed by atoms with van der Waals surface area (Å²) in [6, 6.07) is 3.67. The second kappa shape index (κ2) is 5.51. The Kier molecular flexibility index (Phi) is 4.02. The van der Waals surface area contributed by atoms with E-state index in [1.165, 1.54) is 12.8 Å². The summed E-state index contributed by atoms with van der Waals surface area (Å²) in [6.07, 6.45) is 5.25. The van der Waals surface area contributed by atoms with Crippen LogP contribution in [0.4, 0.5) is 0 Å². The lowest BCUT2D eigenvalue weighted by molar-refractivity contribution is 0.000542.